The first-order valence-electron chi connectivity index (χ1n) is 6.70. The largest absolute Gasteiger partial charge is 0.409 e. The highest BCUT2D eigenvalue weighted by atomic mass is 16.4. The second-order valence-electron chi connectivity index (χ2n) is 5.40. The number of carbonyl (C=O) groups excluding carboxylic acids is 1. The number of carbonyl (C=O) groups is 1. The monoisotopic (exact) mass is 255 g/mol. The Morgan fingerprint density at radius 2 is 2.06 bits per heavy atom. The van der Waals surface area contributed by atoms with Crippen molar-refractivity contribution in [2.45, 2.75) is 58.4 Å². The van der Waals surface area contributed by atoms with Crippen LogP contribution < -0.4 is 5.73 Å². The second kappa shape index (κ2) is 6.07. The van der Waals surface area contributed by atoms with Crippen LogP contribution in [0, 0.1) is 5.41 Å². The molecule has 18 heavy (non-hydrogen) atoms. The highest BCUT2D eigenvalue weighted by Crippen LogP contribution is 2.42. The van der Waals surface area contributed by atoms with Crippen LogP contribution in [0.25, 0.3) is 0 Å². The zero-order valence-electron chi connectivity index (χ0n) is 11.6. The summed E-state index contributed by atoms with van der Waals surface area (Å²) in [6.45, 7) is 4.01. The van der Waals surface area contributed by atoms with Crippen LogP contribution in [0.4, 0.5) is 0 Å². The van der Waals surface area contributed by atoms with E-state index in [1.54, 1.807) is 4.90 Å². The quantitative estimate of drug-likeness (QED) is 0.341. The van der Waals surface area contributed by atoms with E-state index in [0.29, 0.717) is 6.42 Å². The predicted molar refractivity (Wildman–Crippen MR) is 71.4 cm³/mol. The lowest BCUT2D eigenvalue weighted by molar-refractivity contribution is -0.142. The van der Waals surface area contributed by atoms with Crippen molar-refractivity contribution in [1.29, 1.82) is 0 Å². The van der Waals surface area contributed by atoms with E-state index < -0.39 is 0 Å². The van der Waals surface area contributed by atoms with Gasteiger partial charge in [0.25, 0.3) is 0 Å². The van der Waals surface area contributed by atoms with Crippen LogP contribution in [-0.2, 0) is 4.79 Å². The summed E-state index contributed by atoms with van der Waals surface area (Å²) in [4.78, 5) is 14.3. The third-order valence-corrected chi connectivity index (χ3v) is 4.31. The van der Waals surface area contributed by atoms with Crippen LogP contribution in [0.15, 0.2) is 5.16 Å². The van der Waals surface area contributed by atoms with Gasteiger partial charge in [0.15, 0.2) is 0 Å². The smallest absolute Gasteiger partial charge is 0.228 e. The van der Waals surface area contributed by atoms with Crippen molar-refractivity contribution in [3.8, 4) is 0 Å². The Morgan fingerprint density at radius 3 is 2.50 bits per heavy atom. The van der Waals surface area contributed by atoms with E-state index in [1.807, 2.05) is 14.0 Å². The van der Waals surface area contributed by atoms with E-state index >= 15 is 0 Å². The van der Waals surface area contributed by atoms with Crippen LogP contribution in [0.2, 0.25) is 0 Å². The first kappa shape index (κ1) is 14.8. The summed E-state index contributed by atoms with van der Waals surface area (Å²) < 4.78 is 0. The minimum atomic E-state index is -0.172. The lowest BCUT2D eigenvalue weighted by Gasteiger charge is -2.34. The molecule has 1 atom stereocenters. The maximum Gasteiger partial charge on any atom is 0.228 e. The Bertz CT molecular complexity index is 322. The molecule has 1 rings (SSSR count). The standard InChI is InChI=1S/C13H25N3O2/c1-4-13(7-5-6-8-13)12(17)16(3)10(2)9-11(14)15-18/h10,18H,4-9H2,1-3H3,(H2,14,15). The van der Waals surface area contributed by atoms with E-state index in [-0.39, 0.29) is 23.2 Å². The van der Waals surface area contributed by atoms with E-state index in [0.717, 1.165) is 32.1 Å². The van der Waals surface area contributed by atoms with Gasteiger partial charge in [0, 0.05) is 24.9 Å². The number of nitrogens with zero attached hydrogens (tertiary/aromatic N) is 2. The van der Waals surface area contributed by atoms with Crippen LogP contribution >= 0.6 is 0 Å². The zero-order valence-corrected chi connectivity index (χ0v) is 11.6. The molecule has 0 aliphatic heterocycles. The van der Waals surface area contributed by atoms with Gasteiger partial charge >= 0.3 is 0 Å². The van der Waals surface area contributed by atoms with Gasteiger partial charge < -0.3 is 15.8 Å². The van der Waals surface area contributed by atoms with Gasteiger partial charge in [-0.3, -0.25) is 4.79 Å². The number of rotatable bonds is 5. The van der Waals surface area contributed by atoms with Crippen molar-refractivity contribution in [3.05, 3.63) is 0 Å². The molecule has 0 aromatic carbocycles. The van der Waals surface area contributed by atoms with Crippen molar-refractivity contribution in [3.63, 3.8) is 0 Å². The van der Waals surface area contributed by atoms with Gasteiger partial charge in [-0.05, 0) is 26.2 Å². The molecule has 0 spiro atoms. The Balaban J connectivity index is 2.70. The molecule has 0 bridgehead atoms. The fraction of sp³-hybridized carbons (Fsp3) is 0.846. The first-order chi connectivity index (χ1) is 8.46. The number of amides is 1. The van der Waals surface area contributed by atoms with Crippen LogP contribution in [0.1, 0.15) is 52.4 Å². The molecule has 1 amide bonds. The molecule has 0 heterocycles. The number of nitrogens with two attached hydrogens (primary N) is 1. The van der Waals surface area contributed by atoms with E-state index in [2.05, 4.69) is 12.1 Å². The molecule has 1 fully saturated rings. The molecular weight excluding hydrogens is 230 g/mol. The molecule has 1 unspecified atom stereocenters. The number of amidine groups is 1. The SMILES string of the molecule is CCC1(C(=O)N(C)C(C)CC(N)=NO)CCCC1. The van der Waals surface area contributed by atoms with Crippen molar-refractivity contribution in [2.75, 3.05) is 7.05 Å². The summed E-state index contributed by atoms with van der Waals surface area (Å²) >= 11 is 0. The van der Waals surface area contributed by atoms with Gasteiger partial charge in [-0.1, -0.05) is 24.9 Å². The first-order valence-corrected chi connectivity index (χ1v) is 6.70. The number of hydrogen-bond acceptors (Lipinski definition) is 3. The van der Waals surface area contributed by atoms with Gasteiger partial charge in [0.05, 0.1) is 0 Å². The van der Waals surface area contributed by atoms with Crippen molar-refractivity contribution in [2.24, 2.45) is 16.3 Å². The summed E-state index contributed by atoms with van der Waals surface area (Å²) in [6, 6.07) is -0.0441. The van der Waals surface area contributed by atoms with Crippen molar-refractivity contribution in [1.82, 2.24) is 4.90 Å². The Morgan fingerprint density at radius 1 is 1.50 bits per heavy atom. The highest BCUT2D eigenvalue weighted by Gasteiger charge is 2.41. The average molecular weight is 255 g/mol. The fourth-order valence-electron chi connectivity index (χ4n) is 2.83. The Hall–Kier alpha value is -1.26. The van der Waals surface area contributed by atoms with Crippen molar-refractivity contribution >= 4 is 11.7 Å². The fourth-order valence-corrected chi connectivity index (χ4v) is 2.83. The molecule has 0 aromatic rings. The maximum atomic E-state index is 12.6. The lowest BCUT2D eigenvalue weighted by atomic mass is 9.81. The number of oxime groups is 1. The summed E-state index contributed by atoms with van der Waals surface area (Å²) in [5.41, 5.74) is 5.32. The molecule has 1 saturated carbocycles. The summed E-state index contributed by atoms with van der Waals surface area (Å²) in [7, 11) is 1.81. The maximum absolute atomic E-state index is 12.6. The lowest BCUT2D eigenvalue weighted by Crippen LogP contribution is -2.45. The van der Waals surface area contributed by atoms with Gasteiger partial charge in [0.1, 0.15) is 5.84 Å². The number of hydrogen-bond donors (Lipinski definition) is 2. The Labute approximate surface area is 109 Å². The van der Waals surface area contributed by atoms with Crippen LogP contribution in [0.3, 0.4) is 0 Å². The molecule has 0 saturated heterocycles. The van der Waals surface area contributed by atoms with E-state index in [1.165, 1.54) is 0 Å². The minimum absolute atomic E-state index is 0.0441. The Kier molecular flexibility index (Phi) is 4.99. The van der Waals surface area contributed by atoms with Gasteiger partial charge in [0.2, 0.25) is 5.91 Å². The molecule has 0 radical (unpaired) electrons. The van der Waals surface area contributed by atoms with Gasteiger partial charge in [-0.2, -0.15) is 0 Å². The van der Waals surface area contributed by atoms with E-state index in [4.69, 9.17) is 10.9 Å². The van der Waals surface area contributed by atoms with Gasteiger partial charge in [-0.25, -0.2) is 0 Å². The predicted octanol–water partition coefficient (Wildman–Crippen LogP) is 1.94. The summed E-state index contributed by atoms with van der Waals surface area (Å²) in [6.07, 6.45) is 5.56. The second-order valence-corrected chi connectivity index (χ2v) is 5.40. The normalized spacial score (nSPS) is 20.7. The molecule has 1 aliphatic carbocycles. The average Bonchev–Trinajstić information content (AvgIpc) is 2.86. The minimum Gasteiger partial charge on any atom is -0.409 e. The molecule has 0 aromatic heterocycles. The van der Waals surface area contributed by atoms with Crippen molar-refractivity contribution < 1.29 is 10.0 Å². The van der Waals surface area contributed by atoms with Crippen LogP contribution in [0.5, 0.6) is 0 Å². The highest BCUT2D eigenvalue weighted by molar-refractivity contribution is 5.85. The van der Waals surface area contributed by atoms with Gasteiger partial charge in [-0.15, -0.1) is 0 Å². The summed E-state index contributed by atoms with van der Waals surface area (Å²) in [5.74, 6) is 0.375. The third kappa shape index (κ3) is 2.94. The molecular formula is C13H25N3O2. The zero-order chi connectivity index (χ0) is 13.8. The molecule has 5 heteroatoms. The molecule has 5 nitrogen and oxygen atoms in total. The molecule has 1 aliphatic rings. The molecule has 3 N–H and O–H groups in total. The topological polar surface area (TPSA) is 78.9 Å². The van der Waals surface area contributed by atoms with E-state index in [9.17, 15) is 4.79 Å². The molecule has 104 valence electrons. The van der Waals surface area contributed by atoms with Crippen LogP contribution in [-0.4, -0.2) is 34.9 Å². The third-order valence-electron chi connectivity index (χ3n) is 4.31. The summed E-state index contributed by atoms with van der Waals surface area (Å²) in [5, 5.41) is 11.5.